The number of hydrogen-bond donors (Lipinski definition) is 2. The van der Waals surface area contributed by atoms with Crippen LogP contribution >= 0.6 is 0 Å². The monoisotopic (exact) mass is 340 g/mol. The van der Waals surface area contributed by atoms with Crippen molar-refractivity contribution in [1.82, 2.24) is 5.32 Å². The lowest BCUT2D eigenvalue weighted by atomic mass is 10.0. The third-order valence-corrected chi connectivity index (χ3v) is 4.17. The molecule has 1 amide bonds. The SMILES string of the molecule is COc1ccccc1CCNC(=O)CCNc1ccc(C(C)C)cc1. The number of hydrogen-bond acceptors (Lipinski definition) is 3. The summed E-state index contributed by atoms with van der Waals surface area (Å²) in [5.74, 6) is 1.45. The molecule has 2 rings (SSSR count). The van der Waals surface area contributed by atoms with Crippen LogP contribution in [0.1, 0.15) is 37.3 Å². The number of amides is 1. The fourth-order valence-corrected chi connectivity index (χ4v) is 2.64. The molecule has 4 nitrogen and oxygen atoms in total. The van der Waals surface area contributed by atoms with Crippen molar-refractivity contribution in [2.24, 2.45) is 0 Å². The molecule has 2 N–H and O–H groups in total. The maximum Gasteiger partial charge on any atom is 0.221 e. The lowest BCUT2D eigenvalue weighted by Gasteiger charge is -2.10. The smallest absolute Gasteiger partial charge is 0.221 e. The minimum atomic E-state index is 0.0567. The molecule has 0 unspecified atom stereocenters. The van der Waals surface area contributed by atoms with Gasteiger partial charge >= 0.3 is 0 Å². The van der Waals surface area contributed by atoms with E-state index in [0.717, 1.165) is 23.4 Å². The molecule has 0 aliphatic rings. The average molecular weight is 340 g/mol. The number of para-hydroxylation sites is 1. The topological polar surface area (TPSA) is 50.4 Å². The van der Waals surface area contributed by atoms with E-state index >= 15 is 0 Å². The maximum absolute atomic E-state index is 11.9. The number of anilines is 1. The number of methoxy groups -OCH3 is 1. The van der Waals surface area contributed by atoms with E-state index in [1.807, 2.05) is 24.3 Å². The summed E-state index contributed by atoms with van der Waals surface area (Å²) in [5, 5.41) is 6.25. The minimum absolute atomic E-state index is 0.0567. The molecule has 4 heteroatoms. The molecule has 0 radical (unpaired) electrons. The van der Waals surface area contributed by atoms with E-state index in [-0.39, 0.29) is 5.91 Å². The molecule has 0 saturated heterocycles. The summed E-state index contributed by atoms with van der Waals surface area (Å²) in [5.41, 5.74) is 3.47. The van der Waals surface area contributed by atoms with Crippen LogP contribution in [-0.2, 0) is 11.2 Å². The van der Waals surface area contributed by atoms with E-state index in [2.05, 4.69) is 48.7 Å². The van der Waals surface area contributed by atoms with Gasteiger partial charge in [0, 0.05) is 25.2 Å². The van der Waals surface area contributed by atoms with Crippen LogP contribution in [0.2, 0.25) is 0 Å². The third kappa shape index (κ3) is 6.14. The van der Waals surface area contributed by atoms with Crippen molar-refractivity contribution in [3.63, 3.8) is 0 Å². The molecule has 0 saturated carbocycles. The first-order chi connectivity index (χ1) is 12.1. The van der Waals surface area contributed by atoms with E-state index in [1.54, 1.807) is 7.11 Å². The van der Waals surface area contributed by atoms with E-state index in [1.165, 1.54) is 5.56 Å². The van der Waals surface area contributed by atoms with Crippen molar-refractivity contribution in [2.75, 3.05) is 25.5 Å². The Hall–Kier alpha value is -2.49. The molecule has 0 aliphatic carbocycles. The van der Waals surface area contributed by atoms with Crippen molar-refractivity contribution in [3.8, 4) is 5.75 Å². The summed E-state index contributed by atoms with van der Waals surface area (Å²) < 4.78 is 5.32. The van der Waals surface area contributed by atoms with Gasteiger partial charge in [-0.2, -0.15) is 0 Å². The number of ether oxygens (including phenoxy) is 1. The van der Waals surface area contributed by atoms with Gasteiger partial charge in [0.15, 0.2) is 0 Å². The van der Waals surface area contributed by atoms with Gasteiger partial charge in [-0.05, 0) is 41.7 Å². The first-order valence-electron chi connectivity index (χ1n) is 8.82. The molecule has 2 aromatic rings. The molecule has 0 spiro atoms. The number of nitrogens with one attached hydrogen (secondary N) is 2. The zero-order valence-corrected chi connectivity index (χ0v) is 15.3. The van der Waals surface area contributed by atoms with Gasteiger partial charge in [-0.25, -0.2) is 0 Å². The molecular formula is C21H28N2O2. The van der Waals surface area contributed by atoms with E-state index in [9.17, 15) is 4.79 Å². The van der Waals surface area contributed by atoms with Gasteiger partial charge < -0.3 is 15.4 Å². The van der Waals surface area contributed by atoms with E-state index < -0.39 is 0 Å². The Morgan fingerprint density at radius 1 is 1.04 bits per heavy atom. The second kappa shape index (κ2) is 9.72. The van der Waals surface area contributed by atoms with Crippen molar-refractivity contribution >= 4 is 11.6 Å². The molecule has 0 aromatic heterocycles. The normalized spacial score (nSPS) is 10.6. The van der Waals surface area contributed by atoms with Crippen molar-refractivity contribution in [2.45, 2.75) is 32.6 Å². The maximum atomic E-state index is 11.9. The van der Waals surface area contributed by atoms with Crippen molar-refractivity contribution in [3.05, 3.63) is 59.7 Å². The fraction of sp³-hybridized carbons (Fsp3) is 0.381. The zero-order chi connectivity index (χ0) is 18.1. The molecule has 0 bridgehead atoms. The van der Waals surface area contributed by atoms with Crippen LogP contribution in [0.3, 0.4) is 0 Å². The van der Waals surface area contributed by atoms with Gasteiger partial charge in [-0.1, -0.05) is 44.2 Å². The molecule has 0 atom stereocenters. The van der Waals surface area contributed by atoms with Gasteiger partial charge in [0.25, 0.3) is 0 Å². The Labute approximate surface area is 150 Å². The highest BCUT2D eigenvalue weighted by atomic mass is 16.5. The molecule has 0 heterocycles. The van der Waals surface area contributed by atoms with E-state index in [0.29, 0.717) is 25.4 Å². The van der Waals surface area contributed by atoms with Gasteiger partial charge in [-0.15, -0.1) is 0 Å². The second-order valence-electron chi connectivity index (χ2n) is 6.37. The number of carbonyl (C=O) groups is 1. The van der Waals surface area contributed by atoms with Crippen LogP contribution in [-0.4, -0.2) is 26.1 Å². The highest BCUT2D eigenvalue weighted by Crippen LogP contribution is 2.18. The van der Waals surface area contributed by atoms with Crippen LogP contribution in [0, 0.1) is 0 Å². The van der Waals surface area contributed by atoms with E-state index in [4.69, 9.17) is 4.74 Å². The molecule has 0 fully saturated rings. The first-order valence-corrected chi connectivity index (χ1v) is 8.82. The Bertz CT molecular complexity index is 666. The summed E-state index contributed by atoms with van der Waals surface area (Å²) >= 11 is 0. The van der Waals surface area contributed by atoms with Crippen molar-refractivity contribution in [1.29, 1.82) is 0 Å². The van der Waals surface area contributed by atoms with Crippen LogP contribution in [0.4, 0.5) is 5.69 Å². The van der Waals surface area contributed by atoms with Crippen LogP contribution in [0.15, 0.2) is 48.5 Å². The molecule has 0 aliphatic heterocycles. The quantitative estimate of drug-likeness (QED) is 0.726. The summed E-state index contributed by atoms with van der Waals surface area (Å²) in [6.45, 7) is 5.60. The van der Waals surface area contributed by atoms with Crippen LogP contribution < -0.4 is 15.4 Å². The van der Waals surface area contributed by atoms with Gasteiger partial charge in [-0.3, -0.25) is 4.79 Å². The standard InChI is InChI=1S/C21H28N2O2/c1-16(2)17-8-10-19(11-9-17)22-15-13-21(24)23-14-12-18-6-4-5-7-20(18)25-3/h4-11,16,22H,12-15H2,1-3H3,(H,23,24). The predicted octanol–water partition coefficient (Wildman–Crippen LogP) is 3.98. The Morgan fingerprint density at radius 3 is 2.44 bits per heavy atom. The average Bonchev–Trinajstić information content (AvgIpc) is 2.62. The summed E-state index contributed by atoms with van der Waals surface area (Å²) in [4.78, 5) is 11.9. The third-order valence-electron chi connectivity index (χ3n) is 4.17. The lowest BCUT2D eigenvalue weighted by molar-refractivity contribution is -0.120. The van der Waals surface area contributed by atoms with Crippen molar-refractivity contribution < 1.29 is 9.53 Å². The largest absolute Gasteiger partial charge is 0.496 e. The summed E-state index contributed by atoms with van der Waals surface area (Å²) in [6.07, 6.45) is 1.22. The number of carbonyl (C=O) groups excluding carboxylic acids is 1. The summed E-state index contributed by atoms with van der Waals surface area (Å²) in [6, 6.07) is 16.3. The summed E-state index contributed by atoms with van der Waals surface area (Å²) in [7, 11) is 1.66. The fourth-order valence-electron chi connectivity index (χ4n) is 2.64. The molecule has 2 aromatic carbocycles. The lowest BCUT2D eigenvalue weighted by Crippen LogP contribution is -2.27. The molecular weight excluding hydrogens is 312 g/mol. The minimum Gasteiger partial charge on any atom is -0.496 e. The highest BCUT2D eigenvalue weighted by molar-refractivity contribution is 5.76. The van der Waals surface area contributed by atoms with Gasteiger partial charge in [0.05, 0.1) is 7.11 Å². The number of benzene rings is 2. The van der Waals surface area contributed by atoms with Crippen LogP contribution in [0.5, 0.6) is 5.75 Å². The number of rotatable bonds is 9. The van der Waals surface area contributed by atoms with Gasteiger partial charge in [0.2, 0.25) is 5.91 Å². The highest BCUT2D eigenvalue weighted by Gasteiger charge is 2.04. The van der Waals surface area contributed by atoms with Crippen LogP contribution in [0.25, 0.3) is 0 Å². The Kier molecular flexibility index (Phi) is 7.33. The zero-order valence-electron chi connectivity index (χ0n) is 15.3. The first kappa shape index (κ1) is 18.8. The predicted molar refractivity (Wildman–Crippen MR) is 103 cm³/mol. The van der Waals surface area contributed by atoms with Gasteiger partial charge in [0.1, 0.15) is 5.75 Å². The Balaban J connectivity index is 1.67. The second-order valence-corrected chi connectivity index (χ2v) is 6.37. The Morgan fingerprint density at radius 2 is 1.76 bits per heavy atom. The molecule has 25 heavy (non-hydrogen) atoms. The molecule has 134 valence electrons.